The lowest BCUT2D eigenvalue weighted by molar-refractivity contribution is -0.187. The van der Waals surface area contributed by atoms with Crippen LogP contribution in [-0.2, 0) is 38.2 Å². The van der Waals surface area contributed by atoms with Crippen LogP contribution in [-0.4, -0.2) is 62.1 Å². The predicted octanol–water partition coefficient (Wildman–Crippen LogP) is -1.73. The van der Waals surface area contributed by atoms with Crippen LogP contribution in [0.3, 0.4) is 0 Å². The molecule has 0 aromatic rings. The van der Waals surface area contributed by atoms with Gasteiger partial charge in [-0.05, 0) is 0 Å². The first-order valence-corrected chi connectivity index (χ1v) is 6.58. The molecule has 2 amide bonds. The summed E-state index contributed by atoms with van der Waals surface area (Å²) in [6.07, 6.45) is -5.01. The monoisotopic (exact) mass is 332 g/mol. The van der Waals surface area contributed by atoms with Crippen molar-refractivity contribution >= 4 is 29.7 Å². The zero-order valence-electron chi connectivity index (χ0n) is 13.5. The predicted molar refractivity (Wildman–Crippen MR) is 74.8 cm³/mol. The van der Waals surface area contributed by atoms with Crippen molar-refractivity contribution in [1.82, 2.24) is 10.6 Å². The van der Waals surface area contributed by atoms with Crippen molar-refractivity contribution in [2.24, 2.45) is 0 Å². The highest BCUT2D eigenvalue weighted by atomic mass is 16.6. The standard InChI is InChI=1S/C13H20N2O8/c1-6(16)21-9(10(12(19)14-4)22-7(2)17)11(13(20)15-5)23-8(3)18/h9-11H,1-5H3,(H,14,19)(H,15,20)/t9?,10-,11+. The highest BCUT2D eigenvalue weighted by Crippen LogP contribution is 2.15. The van der Waals surface area contributed by atoms with E-state index in [1.807, 2.05) is 0 Å². The number of hydrogen-bond acceptors (Lipinski definition) is 8. The summed E-state index contributed by atoms with van der Waals surface area (Å²) in [5, 5.41) is 4.42. The summed E-state index contributed by atoms with van der Waals surface area (Å²) >= 11 is 0. The molecule has 130 valence electrons. The molecule has 0 aliphatic rings. The van der Waals surface area contributed by atoms with Crippen LogP contribution in [0.4, 0.5) is 0 Å². The summed E-state index contributed by atoms with van der Waals surface area (Å²) in [6, 6.07) is 0. The number of carbonyl (C=O) groups excluding carboxylic acids is 5. The number of esters is 3. The molecule has 0 aromatic heterocycles. The minimum Gasteiger partial charge on any atom is -0.453 e. The second-order valence-corrected chi connectivity index (χ2v) is 4.36. The van der Waals surface area contributed by atoms with Gasteiger partial charge < -0.3 is 24.8 Å². The molecule has 0 radical (unpaired) electrons. The highest BCUT2D eigenvalue weighted by molar-refractivity contribution is 5.88. The number of rotatable bonds is 7. The third kappa shape index (κ3) is 6.76. The average molecular weight is 332 g/mol. The minimum absolute atomic E-state index is 0.840. The van der Waals surface area contributed by atoms with Crippen molar-refractivity contribution in [1.29, 1.82) is 0 Å². The largest absolute Gasteiger partial charge is 0.453 e. The lowest BCUT2D eigenvalue weighted by atomic mass is 10.1. The molecular formula is C13H20N2O8. The number of likely N-dealkylation sites (N-methyl/N-ethyl adjacent to an activating group) is 2. The van der Waals surface area contributed by atoms with Crippen LogP contribution < -0.4 is 10.6 Å². The van der Waals surface area contributed by atoms with E-state index in [1.54, 1.807) is 0 Å². The number of ether oxygens (including phenoxy) is 3. The smallest absolute Gasteiger partial charge is 0.303 e. The quantitative estimate of drug-likeness (QED) is 0.414. The maximum atomic E-state index is 11.9. The zero-order valence-corrected chi connectivity index (χ0v) is 13.5. The van der Waals surface area contributed by atoms with Crippen LogP contribution >= 0.6 is 0 Å². The summed E-state index contributed by atoms with van der Waals surface area (Å²) in [7, 11) is 2.51. The Hall–Kier alpha value is -2.65. The van der Waals surface area contributed by atoms with Crippen molar-refractivity contribution in [3.63, 3.8) is 0 Å². The van der Waals surface area contributed by atoms with Crippen molar-refractivity contribution in [3.05, 3.63) is 0 Å². The fraction of sp³-hybridized carbons (Fsp3) is 0.615. The third-order valence-electron chi connectivity index (χ3n) is 2.49. The molecule has 0 aliphatic carbocycles. The highest BCUT2D eigenvalue weighted by Gasteiger charge is 2.44. The summed E-state index contributed by atoms with van der Waals surface area (Å²) in [5.41, 5.74) is 0. The van der Waals surface area contributed by atoms with Crippen molar-refractivity contribution < 1.29 is 38.2 Å². The number of hydrogen-bond donors (Lipinski definition) is 2. The van der Waals surface area contributed by atoms with E-state index in [4.69, 9.17) is 14.2 Å². The molecular weight excluding hydrogens is 312 g/mol. The van der Waals surface area contributed by atoms with Gasteiger partial charge in [0.25, 0.3) is 11.8 Å². The van der Waals surface area contributed by atoms with Crippen LogP contribution in [0.15, 0.2) is 0 Å². The SMILES string of the molecule is CNC(=O)[C@@H](OC(C)=O)C(OC(C)=O)[C@@H](OC(C)=O)C(=O)NC. The molecule has 0 saturated carbocycles. The Morgan fingerprint density at radius 1 is 0.652 bits per heavy atom. The van der Waals surface area contributed by atoms with Gasteiger partial charge in [0.15, 0.2) is 6.10 Å². The van der Waals surface area contributed by atoms with Crippen molar-refractivity contribution in [2.75, 3.05) is 14.1 Å². The number of nitrogens with one attached hydrogen (secondary N) is 2. The van der Waals surface area contributed by atoms with Crippen molar-refractivity contribution in [3.8, 4) is 0 Å². The van der Waals surface area contributed by atoms with Gasteiger partial charge in [-0.3, -0.25) is 24.0 Å². The Bertz CT molecular complexity index is 454. The van der Waals surface area contributed by atoms with Crippen LogP contribution in [0, 0.1) is 0 Å². The molecule has 10 nitrogen and oxygen atoms in total. The van der Waals surface area contributed by atoms with Gasteiger partial charge in [-0.15, -0.1) is 0 Å². The maximum Gasteiger partial charge on any atom is 0.303 e. The second kappa shape index (κ2) is 9.38. The number of carbonyl (C=O) groups is 5. The summed E-state index contributed by atoms with van der Waals surface area (Å²) in [6.45, 7) is 3.08. The third-order valence-corrected chi connectivity index (χ3v) is 2.49. The lowest BCUT2D eigenvalue weighted by Crippen LogP contribution is -2.56. The number of amides is 2. The first-order chi connectivity index (χ1) is 10.6. The fourth-order valence-electron chi connectivity index (χ4n) is 1.66. The second-order valence-electron chi connectivity index (χ2n) is 4.36. The van der Waals surface area contributed by atoms with Gasteiger partial charge in [0, 0.05) is 34.9 Å². The summed E-state index contributed by atoms with van der Waals surface area (Å²) in [4.78, 5) is 57.5. The molecule has 2 N–H and O–H groups in total. The zero-order chi connectivity index (χ0) is 18.2. The van der Waals surface area contributed by atoms with Gasteiger partial charge in [-0.25, -0.2) is 0 Å². The molecule has 0 heterocycles. The van der Waals surface area contributed by atoms with Gasteiger partial charge in [-0.2, -0.15) is 0 Å². The van der Waals surface area contributed by atoms with Crippen LogP contribution in [0.25, 0.3) is 0 Å². The van der Waals surface area contributed by atoms with Crippen molar-refractivity contribution in [2.45, 2.75) is 39.1 Å². The Labute approximate surface area is 132 Å². The molecule has 0 fully saturated rings. The van der Waals surface area contributed by atoms with Gasteiger partial charge in [-0.1, -0.05) is 0 Å². The van der Waals surface area contributed by atoms with Crippen LogP contribution in [0.2, 0.25) is 0 Å². The lowest BCUT2D eigenvalue weighted by Gasteiger charge is -2.29. The first kappa shape index (κ1) is 20.3. The topological polar surface area (TPSA) is 137 Å². The molecule has 0 aromatic carbocycles. The Morgan fingerprint density at radius 2 is 0.957 bits per heavy atom. The van der Waals surface area contributed by atoms with Crippen LogP contribution in [0.1, 0.15) is 20.8 Å². The molecule has 0 spiro atoms. The van der Waals surface area contributed by atoms with E-state index in [-0.39, 0.29) is 0 Å². The molecule has 0 bridgehead atoms. The van der Waals surface area contributed by atoms with E-state index in [0.717, 1.165) is 20.8 Å². The van der Waals surface area contributed by atoms with E-state index in [1.165, 1.54) is 14.1 Å². The van der Waals surface area contributed by atoms with E-state index in [2.05, 4.69) is 10.6 Å². The Morgan fingerprint density at radius 3 is 1.17 bits per heavy atom. The minimum atomic E-state index is -1.68. The molecule has 0 rings (SSSR count). The molecule has 0 saturated heterocycles. The maximum absolute atomic E-state index is 11.9. The summed E-state index contributed by atoms with van der Waals surface area (Å²) < 4.78 is 14.6. The molecule has 23 heavy (non-hydrogen) atoms. The molecule has 3 atom stereocenters. The van der Waals surface area contributed by atoms with E-state index in [9.17, 15) is 24.0 Å². The van der Waals surface area contributed by atoms with E-state index in [0.29, 0.717) is 0 Å². The first-order valence-electron chi connectivity index (χ1n) is 6.58. The average Bonchev–Trinajstić information content (AvgIpc) is 2.46. The summed E-state index contributed by atoms with van der Waals surface area (Å²) in [5.74, 6) is -4.25. The Kier molecular flexibility index (Phi) is 8.30. The van der Waals surface area contributed by atoms with Gasteiger partial charge in [0.05, 0.1) is 0 Å². The van der Waals surface area contributed by atoms with E-state index < -0.39 is 48.0 Å². The van der Waals surface area contributed by atoms with Gasteiger partial charge >= 0.3 is 17.9 Å². The molecule has 1 unspecified atom stereocenters. The van der Waals surface area contributed by atoms with E-state index >= 15 is 0 Å². The molecule has 0 aliphatic heterocycles. The Balaban J connectivity index is 5.82. The van der Waals surface area contributed by atoms with Crippen LogP contribution in [0.5, 0.6) is 0 Å². The van der Waals surface area contributed by atoms with Gasteiger partial charge in [0.2, 0.25) is 12.2 Å². The fourth-order valence-corrected chi connectivity index (χ4v) is 1.66. The van der Waals surface area contributed by atoms with Gasteiger partial charge in [0.1, 0.15) is 0 Å². The normalized spacial score (nSPS) is 13.8. The molecule has 10 heteroatoms.